The summed E-state index contributed by atoms with van der Waals surface area (Å²) in [6.07, 6.45) is 0.901. The number of likely N-dealkylation sites (tertiary alicyclic amines) is 1. The molecule has 1 fully saturated rings. The highest BCUT2D eigenvalue weighted by Gasteiger charge is 2.52. The van der Waals surface area contributed by atoms with Gasteiger partial charge in [-0.3, -0.25) is 9.08 Å². The van der Waals surface area contributed by atoms with Crippen LogP contribution in [-0.4, -0.2) is 71.8 Å². The van der Waals surface area contributed by atoms with Crippen LogP contribution < -0.4 is 0 Å². The molecule has 0 aliphatic carbocycles. The first kappa shape index (κ1) is 31.8. The number of carbonyl (C=O) groups excluding carboxylic acids is 1. The van der Waals surface area contributed by atoms with Gasteiger partial charge in [-0.2, -0.15) is 8.42 Å². The van der Waals surface area contributed by atoms with E-state index < -0.39 is 35.7 Å². The number of carbonyl (C=O) groups is 1. The van der Waals surface area contributed by atoms with Crippen LogP contribution in [0.2, 0.25) is 18.1 Å². The Labute approximate surface area is 225 Å². The summed E-state index contributed by atoms with van der Waals surface area (Å²) in [6.45, 7) is 19.1. The molecule has 2 rings (SSSR count). The van der Waals surface area contributed by atoms with Gasteiger partial charge in [0.25, 0.3) is 10.1 Å². The number of benzene rings is 1. The maximum absolute atomic E-state index is 13.3. The first-order valence-corrected chi connectivity index (χ1v) is 17.3. The molecule has 1 aromatic rings. The van der Waals surface area contributed by atoms with E-state index in [1.807, 2.05) is 27.7 Å². The summed E-state index contributed by atoms with van der Waals surface area (Å²) in [5.74, 6) is 0. The molecule has 8 nitrogen and oxygen atoms in total. The van der Waals surface area contributed by atoms with Crippen LogP contribution in [0.15, 0.2) is 29.2 Å². The van der Waals surface area contributed by atoms with E-state index in [1.54, 1.807) is 36.3 Å². The monoisotopic (exact) mass is 557 g/mol. The van der Waals surface area contributed by atoms with Gasteiger partial charge in [0.15, 0.2) is 8.32 Å². The predicted molar refractivity (Wildman–Crippen MR) is 148 cm³/mol. The van der Waals surface area contributed by atoms with Gasteiger partial charge in [-0.05, 0) is 77.2 Å². The molecule has 10 heteroatoms. The first-order valence-electron chi connectivity index (χ1n) is 13.0. The predicted octanol–water partition coefficient (Wildman–Crippen LogP) is 5.90. The van der Waals surface area contributed by atoms with Gasteiger partial charge in [0.1, 0.15) is 5.60 Å². The summed E-state index contributed by atoms with van der Waals surface area (Å²) in [4.78, 5) is 15.2. The molecule has 1 saturated heterocycles. The zero-order valence-corrected chi connectivity index (χ0v) is 26.2. The quantitative estimate of drug-likeness (QED) is 0.201. The van der Waals surface area contributed by atoms with E-state index in [9.17, 15) is 13.2 Å². The van der Waals surface area contributed by atoms with Crippen molar-refractivity contribution in [2.75, 3.05) is 26.9 Å². The van der Waals surface area contributed by atoms with E-state index in [4.69, 9.17) is 18.1 Å². The highest BCUT2D eigenvalue weighted by atomic mass is 32.2. The smallest absolute Gasteiger partial charge is 0.410 e. The van der Waals surface area contributed by atoms with Crippen molar-refractivity contribution in [3.63, 3.8) is 0 Å². The maximum atomic E-state index is 13.3. The van der Waals surface area contributed by atoms with Crippen molar-refractivity contribution in [2.45, 2.75) is 108 Å². The van der Waals surface area contributed by atoms with Crippen LogP contribution in [0.25, 0.3) is 0 Å². The lowest BCUT2D eigenvalue weighted by molar-refractivity contribution is -0.0147. The minimum atomic E-state index is -3.87. The van der Waals surface area contributed by atoms with Crippen LogP contribution in [0.3, 0.4) is 0 Å². The fraction of sp³-hybridized carbons (Fsp3) is 0.741. The number of aryl methyl sites for hydroxylation is 1. The normalized spacial score (nSPS) is 21.4. The molecule has 2 atom stereocenters. The van der Waals surface area contributed by atoms with Crippen LogP contribution in [0.4, 0.5) is 4.79 Å². The second kappa shape index (κ2) is 11.7. The van der Waals surface area contributed by atoms with E-state index in [-0.39, 0.29) is 29.3 Å². The Kier molecular flexibility index (Phi) is 10.1. The number of amides is 1. The zero-order chi connectivity index (χ0) is 28.3. The molecule has 1 aliphatic heterocycles. The number of rotatable bonds is 10. The molecule has 37 heavy (non-hydrogen) atoms. The van der Waals surface area contributed by atoms with Crippen molar-refractivity contribution >= 4 is 24.5 Å². The standard InChI is InChI=1S/C27H47NO7SSi/c1-21-12-14-23(15-13-21)36(30,31)33-17-11-16-27(20-32-8)18-22(35-37(9,10)26(5,6)7)19-28(27)24(29)34-25(2,3)4/h12-15,22H,11,16-20H2,1-10H3/t22-,27+/m1/s1. The van der Waals surface area contributed by atoms with E-state index in [2.05, 4.69) is 33.9 Å². The molecule has 1 amide bonds. The van der Waals surface area contributed by atoms with Crippen molar-refractivity contribution in [3.05, 3.63) is 29.8 Å². The molecule has 0 spiro atoms. The maximum Gasteiger partial charge on any atom is 0.410 e. The third-order valence-corrected chi connectivity index (χ3v) is 13.1. The van der Waals surface area contributed by atoms with Gasteiger partial charge in [0.2, 0.25) is 0 Å². The molecule has 1 aliphatic rings. The third-order valence-electron chi connectivity index (χ3n) is 7.20. The molecule has 0 unspecified atom stereocenters. The third kappa shape index (κ3) is 8.51. The number of nitrogens with zero attached hydrogens (tertiary/aromatic N) is 1. The average molecular weight is 558 g/mol. The second-order valence-electron chi connectivity index (χ2n) is 12.6. The van der Waals surface area contributed by atoms with Crippen molar-refractivity contribution < 1.29 is 31.3 Å². The highest BCUT2D eigenvalue weighted by Crippen LogP contribution is 2.42. The molecule has 0 aromatic heterocycles. The summed E-state index contributed by atoms with van der Waals surface area (Å²) in [5.41, 5.74) is -0.376. The lowest BCUT2D eigenvalue weighted by atomic mass is 9.91. The highest BCUT2D eigenvalue weighted by molar-refractivity contribution is 7.86. The van der Waals surface area contributed by atoms with Gasteiger partial charge in [-0.25, -0.2) is 4.79 Å². The van der Waals surface area contributed by atoms with Crippen LogP contribution >= 0.6 is 0 Å². The molecule has 0 radical (unpaired) electrons. The number of hydrogen-bond donors (Lipinski definition) is 0. The molecule has 1 aromatic carbocycles. The summed E-state index contributed by atoms with van der Waals surface area (Å²) < 4.78 is 48.7. The van der Waals surface area contributed by atoms with Crippen molar-refractivity contribution in [1.29, 1.82) is 0 Å². The number of ether oxygens (including phenoxy) is 2. The van der Waals surface area contributed by atoms with Crippen molar-refractivity contribution in [3.8, 4) is 0 Å². The Hall–Kier alpha value is -1.46. The first-order chi connectivity index (χ1) is 16.8. The lowest BCUT2D eigenvalue weighted by Gasteiger charge is -2.39. The second-order valence-corrected chi connectivity index (χ2v) is 19.0. The van der Waals surface area contributed by atoms with E-state index in [1.165, 1.54) is 0 Å². The van der Waals surface area contributed by atoms with E-state index in [0.29, 0.717) is 25.8 Å². The summed E-state index contributed by atoms with van der Waals surface area (Å²) in [6, 6.07) is 6.56. The zero-order valence-electron chi connectivity index (χ0n) is 24.3. The van der Waals surface area contributed by atoms with Crippen molar-refractivity contribution in [1.82, 2.24) is 4.90 Å². The van der Waals surface area contributed by atoms with Gasteiger partial charge in [-0.15, -0.1) is 0 Å². The summed E-state index contributed by atoms with van der Waals surface area (Å²) >= 11 is 0. The Bertz CT molecular complexity index is 1010. The average Bonchev–Trinajstić information content (AvgIpc) is 3.07. The van der Waals surface area contributed by atoms with Gasteiger partial charge >= 0.3 is 6.09 Å². The molecule has 0 N–H and O–H groups in total. The summed E-state index contributed by atoms with van der Waals surface area (Å²) in [5, 5.41) is 0.0223. The largest absolute Gasteiger partial charge is 0.444 e. The summed E-state index contributed by atoms with van der Waals surface area (Å²) in [7, 11) is -4.35. The Balaban J connectivity index is 2.22. The Morgan fingerprint density at radius 2 is 1.70 bits per heavy atom. The Morgan fingerprint density at radius 1 is 1.11 bits per heavy atom. The van der Waals surface area contributed by atoms with Crippen LogP contribution in [0, 0.1) is 6.92 Å². The molecule has 212 valence electrons. The molecular weight excluding hydrogens is 510 g/mol. The Morgan fingerprint density at radius 3 is 2.22 bits per heavy atom. The van der Waals surface area contributed by atoms with Crippen LogP contribution in [0.1, 0.15) is 66.4 Å². The number of methoxy groups -OCH3 is 1. The van der Waals surface area contributed by atoms with Crippen molar-refractivity contribution in [2.24, 2.45) is 0 Å². The molecule has 0 bridgehead atoms. The van der Waals surface area contributed by atoms with Gasteiger partial charge in [-0.1, -0.05) is 38.5 Å². The topological polar surface area (TPSA) is 91.4 Å². The lowest BCUT2D eigenvalue weighted by Crippen LogP contribution is -2.52. The van der Waals surface area contributed by atoms with Gasteiger partial charge in [0.05, 0.1) is 29.8 Å². The van der Waals surface area contributed by atoms with Gasteiger partial charge in [0, 0.05) is 13.7 Å². The van der Waals surface area contributed by atoms with Crippen LogP contribution in [0.5, 0.6) is 0 Å². The minimum Gasteiger partial charge on any atom is -0.444 e. The fourth-order valence-corrected chi connectivity index (χ4v) is 6.60. The molecular formula is C27H47NO7SSi. The molecule has 1 heterocycles. The molecule has 0 saturated carbocycles. The van der Waals surface area contributed by atoms with Gasteiger partial charge < -0.3 is 13.9 Å². The SMILES string of the molecule is COC[C@]1(CCCOS(=O)(=O)c2ccc(C)cc2)C[C@@H](O[Si](C)(C)C(C)(C)C)CN1C(=O)OC(C)(C)C. The van der Waals surface area contributed by atoms with E-state index in [0.717, 1.165) is 5.56 Å². The van der Waals surface area contributed by atoms with Crippen LogP contribution in [-0.2, 0) is 28.2 Å². The minimum absolute atomic E-state index is 0.00239. The van der Waals surface area contributed by atoms with E-state index >= 15 is 0 Å². The fourth-order valence-electron chi connectivity index (χ4n) is 4.31. The number of hydrogen-bond acceptors (Lipinski definition) is 7.